The highest BCUT2D eigenvalue weighted by Gasteiger charge is 2.62. The molecule has 0 radical (unpaired) electrons. The lowest BCUT2D eigenvalue weighted by Gasteiger charge is -2.38. The first-order valence-corrected chi connectivity index (χ1v) is 6.22. The molecule has 0 spiro atoms. The number of halogens is 1. The second kappa shape index (κ2) is 3.49. The number of esters is 1. The van der Waals surface area contributed by atoms with Gasteiger partial charge in [-0.1, -0.05) is 39.0 Å². The molecule has 0 amide bonds. The van der Waals surface area contributed by atoms with Crippen LogP contribution < -0.4 is 0 Å². The highest BCUT2D eigenvalue weighted by atomic mass is 35.5. The normalized spacial score (nSPS) is 39.8. The van der Waals surface area contributed by atoms with Gasteiger partial charge < -0.3 is 4.74 Å². The summed E-state index contributed by atoms with van der Waals surface area (Å²) < 4.78 is 5.47. The zero-order chi connectivity index (χ0) is 12.1. The summed E-state index contributed by atoms with van der Waals surface area (Å²) in [5.41, 5.74) is 0.352. The zero-order valence-electron chi connectivity index (χ0n) is 10.2. The summed E-state index contributed by atoms with van der Waals surface area (Å²) >= 11 is 5.56. The van der Waals surface area contributed by atoms with Crippen LogP contribution in [0.2, 0.25) is 0 Å². The molecule has 0 aromatic rings. The molecule has 0 heterocycles. The molecule has 2 saturated carbocycles. The predicted octanol–water partition coefficient (Wildman–Crippen LogP) is 3.50. The lowest BCUT2D eigenvalue weighted by atomic mass is 9.70. The van der Waals surface area contributed by atoms with E-state index in [4.69, 9.17) is 16.3 Å². The molecule has 90 valence electrons. The van der Waals surface area contributed by atoms with E-state index in [1.165, 1.54) is 6.42 Å². The molecule has 0 saturated heterocycles. The maximum atomic E-state index is 11.5. The minimum Gasteiger partial charge on any atom is -0.458 e. The molecule has 0 aliphatic heterocycles. The summed E-state index contributed by atoms with van der Waals surface area (Å²) in [5, 5.41) is -0.0239. The van der Waals surface area contributed by atoms with Gasteiger partial charge in [0.2, 0.25) is 0 Å². The van der Waals surface area contributed by atoms with Gasteiger partial charge >= 0.3 is 5.97 Å². The first-order valence-electron chi connectivity index (χ1n) is 5.84. The third-order valence-electron chi connectivity index (χ3n) is 5.18. The molecular formula is C13H19ClO2. The highest BCUT2D eigenvalue weighted by molar-refractivity contribution is 6.40. The van der Waals surface area contributed by atoms with Gasteiger partial charge in [-0.05, 0) is 30.6 Å². The van der Waals surface area contributed by atoms with E-state index in [0.717, 1.165) is 12.8 Å². The fourth-order valence-corrected chi connectivity index (χ4v) is 3.55. The molecule has 0 N–H and O–H groups in total. The van der Waals surface area contributed by atoms with Gasteiger partial charge in [-0.15, -0.1) is 0 Å². The Bertz CT molecular complexity index is 348. The van der Waals surface area contributed by atoms with Gasteiger partial charge in [0.15, 0.2) is 0 Å². The van der Waals surface area contributed by atoms with E-state index in [0.29, 0.717) is 5.92 Å². The number of hydrogen-bond donors (Lipinski definition) is 0. The first-order chi connectivity index (χ1) is 7.29. The van der Waals surface area contributed by atoms with Crippen molar-refractivity contribution in [2.75, 3.05) is 0 Å². The molecule has 2 bridgehead atoms. The van der Waals surface area contributed by atoms with Gasteiger partial charge in [-0.2, -0.15) is 0 Å². The molecule has 2 aliphatic rings. The van der Waals surface area contributed by atoms with Gasteiger partial charge in [0.25, 0.3) is 0 Å². The Balaban J connectivity index is 2.16. The minimum absolute atomic E-state index is 0.00394. The van der Waals surface area contributed by atoms with E-state index in [2.05, 4.69) is 27.4 Å². The number of fused-ring (bicyclic) bond motifs is 2. The molecule has 3 unspecified atom stereocenters. The van der Waals surface area contributed by atoms with Crippen LogP contribution in [-0.4, -0.2) is 12.1 Å². The Morgan fingerprint density at radius 2 is 2.06 bits per heavy atom. The van der Waals surface area contributed by atoms with Crippen LogP contribution in [0.25, 0.3) is 0 Å². The number of carbonyl (C=O) groups is 1. The average molecular weight is 243 g/mol. The third-order valence-corrected chi connectivity index (χ3v) is 5.34. The van der Waals surface area contributed by atoms with Crippen molar-refractivity contribution in [2.24, 2.45) is 16.7 Å². The van der Waals surface area contributed by atoms with Crippen LogP contribution in [0, 0.1) is 16.7 Å². The Morgan fingerprint density at radius 3 is 2.44 bits per heavy atom. The second-order valence-electron chi connectivity index (χ2n) is 5.91. The molecule has 2 fully saturated rings. The van der Waals surface area contributed by atoms with Crippen molar-refractivity contribution >= 4 is 17.6 Å². The monoisotopic (exact) mass is 242 g/mol. The number of carbonyl (C=O) groups excluding carboxylic acids is 1. The van der Waals surface area contributed by atoms with Gasteiger partial charge in [0.05, 0.1) is 0 Å². The van der Waals surface area contributed by atoms with E-state index >= 15 is 0 Å². The number of hydrogen-bond acceptors (Lipinski definition) is 2. The van der Waals surface area contributed by atoms with E-state index in [1.54, 1.807) is 0 Å². The summed E-state index contributed by atoms with van der Waals surface area (Å²) in [4.78, 5) is 11.5. The second-order valence-corrected chi connectivity index (χ2v) is 6.37. The van der Waals surface area contributed by atoms with Crippen molar-refractivity contribution in [2.45, 2.75) is 46.1 Å². The zero-order valence-corrected chi connectivity index (χ0v) is 10.9. The van der Waals surface area contributed by atoms with E-state index < -0.39 is 5.97 Å². The van der Waals surface area contributed by atoms with Crippen LogP contribution in [0.1, 0.15) is 40.0 Å². The van der Waals surface area contributed by atoms with E-state index in [-0.39, 0.29) is 22.0 Å². The molecule has 3 atom stereocenters. The molecule has 16 heavy (non-hydrogen) atoms. The standard InChI is InChI=1S/C13H19ClO2/c1-8(14)11(15)16-10-7-9-5-6-13(10,4)12(9,2)3/h9-10H,1,5-7H2,2-4H3. The maximum absolute atomic E-state index is 11.5. The van der Waals surface area contributed by atoms with Crippen molar-refractivity contribution in [1.82, 2.24) is 0 Å². The summed E-state index contributed by atoms with van der Waals surface area (Å²) in [5.74, 6) is 0.204. The fraction of sp³-hybridized carbons (Fsp3) is 0.769. The summed E-state index contributed by atoms with van der Waals surface area (Å²) in [7, 11) is 0. The number of ether oxygens (including phenoxy) is 1. The minimum atomic E-state index is -0.462. The molecule has 2 rings (SSSR count). The molecule has 2 aliphatic carbocycles. The van der Waals surface area contributed by atoms with Crippen LogP contribution >= 0.6 is 11.6 Å². The van der Waals surface area contributed by atoms with Crippen LogP contribution in [-0.2, 0) is 9.53 Å². The Labute approximate surface area is 102 Å². The van der Waals surface area contributed by atoms with Crippen LogP contribution in [0.5, 0.6) is 0 Å². The van der Waals surface area contributed by atoms with E-state index in [1.807, 2.05) is 0 Å². The lowest BCUT2D eigenvalue weighted by Crippen LogP contribution is -2.38. The molecule has 0 aromatic carbocycles. The van der Waals surface area contributed by atoms with Crippen molar-refractivity contribution in [3.63, 3.8) is 0 Å². The Morgan fingerprint density at radius 1 is 1.44 bits per heavy atom. The molecule has 3 heteroatoms. The predicted molar refractivity (Wildman–Crippen MR) is 64.1 cm³/mol. The molecule has 2 nitrogen and oxygen atoms in total. The average Bonchev–Trinajstić information content (AvgIpc) is 2.50. The first kappa shape index (κ1) is 12.0. The largest absolute Gasteiger partial charge is 0.458 e. The van der Waals surface area contributed by atoms with Crippen LogP contribution in [0.4, 0.5) is 0 Å². The van der Waals surface area contributed by atoms with Crippen molar-refractivity contribution in [3.8, 4) is 0 Å². The van der Waals surface area contributed by atoms with E-state index in [9.17, 15) is 4.79 Å². The van der Waals surface area contributed by atoms with Gasteiger partial charge in [-0.3, -0.25) is 0 Å². The SMILES string of the molecule is C=C(Cl)C(=O)OC1CC2CCC1(C)C2(C)C. The maximum Gasteiger partial charge on any atom is 0.349 e. The van der Waals surface area contributed by atoms with Crippen LogP contribution in [0.15, 0.2) is 11.6 Å². The van der Waals surface area contributed by atoms with Crippen LogP contribution in [0.3, 0.4) is 0 Å². The summed E-state index contributed by atoms with van der Waals surface area (Å²) in [6, 6.07) is 0. The van der Waals surface area contributed by atoms with Gasteiger partial charge in [0.1, 0.15) is 11.1 Å². The highest BCUT2D eigenvalue weighted by Crippen LogP contribution is 2.66. The summed E-state index contributed by atoms with van der Waals surface area (Å²) in [6.07, 6.45) is 3.36. The van der Waals surface area contributed by atoms with Crippen molar-refractivity contribution < 1.29 is 9.53 Å². The number of rotatable bonds is 2. The summed E-state index contributed by atoms with van der Waals surface area (Å²) in [6.45, 7) is 10.2. The fourth-order valence-electron chi connectivity index (χ4n) is 3.50. The molecular weight excluding hydrogens is 224 g/mol. The van der Waals surface area contributed by atoms with Crippen molar-refractivity contribution in [1.29, 1.82) is 0 Å². The quantitative estimate of drug-likeness (QED) is 0.547. The van der Waals surface area contributed by atoms with Gasteiger partial charge in [-0.25, -0.2) is 4.79 Å². The topological polar surface area (TPSA) is 26.3 Å². The Hall–Kier alpha value is -0.500. The molecule has 0 aromatic heterocycles. The third kappa shape index (κ3) is 1.42. The lowest BCUT2D eigenvalue weighted by molar-refractivity contribution is -0.151. The Kier molecular flexibility index (Phi) is 2.61. The van der Waals surface area contributed by atoms with Gasteiger partial charge in [0, 0.05) is 5.41 Å². The smallest absolute Gasteiger partial charge is 0.349 e. The van der Waals surface area contributed by atoms with Crippen molar-refractivity contribution in [3.05, 3.63) is 11.6 Å².